The molecule has 0 aliphatic carbocycles. The second-order valence-corrected chi connectivity index (χ2v) is 6.94. The number of nitrogens with one attached hydrogen (secondary N) is 1. The Hall–Kier alpha value is -1.66. The summed E-state index contributed by atoms with van der Waals surface area (Å²) < 4.78 is 14.7. The van der Waals surface area contributed by atoms with Gasteiger partial charge in [0.05, 0.1) is 5.69 Å². The normalized spacial score (nSPS) is 21.8. The minimum atomic E-state index is -0.292. The first-order valence-corrected chi connectivity index (χ1v) is 9.36. The van der Waals surface area contributed by atoms with Crippen LogP contribution in [0.15, 0.2) is 18.2 Å². The second kappa shape index (κ2) is 8.15. The molecular formula is C19H29FN4O. The van der Waals surface area contributed by atoms with E-state index in [1.165, 1.54) is 6.07 Å². The third-order valence-corrected chi connectivity index (χ3v) is 5.43. The number of hydrogen-bond donors (Lipinski definition) is 1. The Balaban J connectivity index is 1.70. The Kier molecular flexibility index (Phi) is 5.91. The van der Waals surface area contributed by atoms with E-state index in [9.17, 15) is 9.18 Å². The van der Waals surface area contributed by atoms with Crippen LogP contribution in [0.2, 0.25) is 0 Å². The van der Waals surface area contributed by atoms with Crippen LogP contribution in [-0.2, 0) is 0 Å². The van der Waals surface area contributed by atoms with Crippen LogP contribution in [0.25, 0.3) is 0 Å². The molecule has 1 N–H and O–H groups in total. The number of likely N-dealkylation sites (tertiary alicyclic amines) is 1. The van der Waals surface area contributed by atoms with Gasteiger partial charge in [0.2, 0.25) is 0 Å². The fourth-order valence-electron chi connectivity index (χ4n) is 3.92. The van der Waals surface area contributed by atoms with Crippen molar-refractivity contribution in [1.82, 2.24) is 15.1 Å². The van der Waals surface area contributed by atoms with E-state index in [4.69, 9.17) is 0 Å². The van der Waals surface area contributed by atoms with Crippen LogP contribution < -0.4 is 10.2 Å². The Morgan fingerprint density at radius 2 is 2.00 bits per heavy atom. The maximum absolute atomic E-state index is 14.7. The zero-order valence-corrected chi connectivity index (χ0v) is 15.3. The van der Waals surface area contributed by atoms with E-state index in [2.05, 4.69) is 22.0 Å². The summed E-state index contributed by atoms with van der Waals surface area (Å²) >= 11 is 0. The van der Waals surface area contributed by atoms with Crippen LogP contribution in [0.3, 0.4) is 0 Å². The number of likely N-dealkylation sites (N-methyl/N-ethyl adjacent to an activating group) is 2. The summed E-state index contributed by atoms with van der Waals surface area (Å²) in [6.07, 6.45) is 2.02. The highest BCUT2D eigenvalue weighted by Gasteiger charge is 2.29. The fourth-order valence-corrected chi connectivity index (χ4v) is 3.92. The molecule has 0 radical (unpaired) electrons. The summed E-state index contributed by atoms with van der Waals surface area (Å²) in [7, 11) is 1.90. The van der Waals surface area contributed by atoms with Crippen molar-refractivity contribution >= 4 is 11.6 Å². The van der Waals surface area contributed by atoms with Gasteiger partial charge in [-0.3, -0.25) is 4.79 Å². The van der Waals surface area contributed by atoms with E-state index in [0.717, 1.165) is 58.7 Å². The zero-order valence-electron chi connectivity index (χ0n) is 15.3. The van der Waals surface area contributed by atoms with Gasteiger partial charge in [0.1, 0.15) is 5.82 Å². The third-order valence-electron chi connectivity index (χ3n) is 5.43. The molecule has 1 atom stereocenters. The molecule has 25 heavy (non-hydrogen) atoms. The highest BCUT2D eigenvalue weighted by Crippen LogP contribution is 2.25. The molecule has 6 heteroatoms. The van der Waals surface area contributed by atoms with E-state index in [1.54, 1.807) is 12.1 Å². The van der Waals surface area contributed by atoms with Crippen LogP contribution >= 0.6 is 0 Å². The SMILES string of the molecule is CCN1CCN(c2ccc(C(=O)N3CCCC3CNC)cc2F)CC1. The van der Waals surface area contributed by atoms with Crippen LogP contribution in [0.4, 0.5) is 10.1 Å². The predicted molar refractivity (Wildman–Crippen MR) is 98.7 cm³/mol. The topological polar surface area (TPSA) is 38.8 Å². The smallest absolute Gasteiger partial charge is 0.254 e. The van der Waals surface area contributed by atoms with Crippen LogP contribution in [-0.4, -0.2) is 74.6 Å². The molecule has 0 bridgehead atoms. The molecule has 1 unspecified atom stereocenters. The number of benzene rings is 1. The highest BCUT2D eigenvalue weighted by atomic mass is 19.1. The van der Waals surface area contributed by atoms with Gasteiger partial charge in [-0.25, -0.2) is 4.39 Å². The standard InChI is InChI=1S/C19H29FN4O/c1-3-22-9-11-23(12-10-22)18-7-6-15(13-17(18)20)19(25)24-8-4-5-16(24)14-21-2/h6-7,13,16,21H,3-5,8-12,14H2,1-2H3. The van der Waals surface area contributed by atoms with Gasteiger partial charge in [0.15, 0.2) is 0 Å². The highest BCUT2D eigenvalue weighted by molar-refractivity contribution is 5.95. The van der Waals surface area contributed by atoms with E-state index in [0.29, 0.717) is 11.3 Å². The van der Waals surface area contributed by atoms with Gasteiger partial charge in [-0.05, 0) is 44.6 Å². The van der Waals surface area contributed by atoms with Crippen LogP contribution in [0.1, 0.15) is 30.1 Å². The molecule has 2 aliphatic heterocycles. The minimum Gasteiger partial charge on any atom is -0.367 e. The van der Waals surface area contributed by atoms with Gasteiger partial charge in [0, 0.05) is 50.9 Å². The fraction of sp³-hybridized carbons (Fsp3) is 0.632. The Bertz CT molecular complexity index is 601. The first kappa shape index (κ1) is 18.1. The monoisotopic (exact) mass is 348 g/mol. The number of carbonyl (C=O) groups excluding carboxylic acids is 1. The van der Waals surface area contributed by atoms with Gasteiger partial charge in [-0.15, -0.1) is 0 Å². The van der Waals surface area contributed by atoms with Crippen molar-refractivity contribution in [3.8, 4) is 0 Å². The summed E-state index contributed by atoms with van der Waals surface area (Å²) in [5.74, 6) is -0.348. The van der Waals surface area contributed by atoms with Crippen molar-refractivity contribution in [2.45, 2.75) is 25.8 Å². The molecule has 2 fully saturated rings. The van der Waals surface area contributed by atoms with Gasteiger partial charge in [-0.1, -0.05) is 6.92 Å². The molecule has 3 rings (SSSR count). The van der Waals surface area contributed by atoms with Crippen molar-refractivity contribution in [2.24, 2.45) is 0 Å². The Labute approximate surface area is 149 Å². The van der Waals surface area contributed by atoms with Gasteiger partial charge in [-0.2, -0.15) is 0 Å². The van der Waals surface area contributed by atoms with E-state index < -0.39 is 0 Å². The number of amides is 1. The van der Waals surface area contributed by atoms with Gasteiger partial charge in [0.25, 0.3) is 5.91 Å². The van der Waals surface area contributed by atoms with Crippen molar-refractivity contribution in [3.63, 3.8) is 0 Å². The molecule has 1 aromatic carbocycles. The number of carbonyl (C=O) groups is 1. The maximum Gasteiger partial charge on any atom is 0.254 e. The molecule has 1 aromatic rings. The first-order chi connectivity index (χ1) is 12.1. The molecule has 0 spiro atoms. The molecule has 0 aromatic heterocycles. The van der Waals surface area contributed by atoms with Crippen molar-refractivity contribution in [2.75, 3.05) is 57.8 Å². The predicted octanol–water partition coefficient (Wildman–Crippen LogP) is 1.79. The Morgan fingerprint density at radius 1 is 1.24 bits per heavy atom. The van der Waals surface area contributed by atoms with E-state index in [-0.39, 0.29) is 17.8 Å². The number of piperazine rings is 1. The number of rotatable bonds is 5. The van der Waals surface area contributed by atoms with E-state index >= 15 is 0 Å². The molecule has 0 saturated carbocycles. The molecule has 1 amide bonds. The summed E-state index contributed by atoms with van der Waals surface area (Å²) in [4.78, 5) is 19.1. The lowest BCUT2D eigenvalue weighted by atomic mass is 10.1. The molecule has 2 saturated heterocycles. The quantitative estimate of drug-likeness (QED) is 0.881. The maximum atomic E-state index is 14.7. The lowest BCUT2D eigenvalue weighted by molar-refractivity contribution is 0.0736. The second-order valence-electron chi connectivity index (χ2n) is 6.94. The van der Waals surface area contributed by atoms with Crippen molar-refractivity contribution in [3.05, 3.63) is 29.6 Å². The van der Waals surface area contributed by atoms with E-state index in [1.807, 2.05) is 11.9 Å². The number of hydrogen-bond acceptors (Lipinski definition) is 4. The summed E-state index contributed by atoms with van der Waals surface area (Å²) in [5.41, 5.74) is 1.07. The van der Waals surface area contributed by atoms with Crippen LogP contribution in [0.5, 0.6) is 0 Å². The minimum absolute atomic E-state index is 0.0565. The molecule has 2 aliphatic rings. The number of nitrogens with zero attached hydrogens (tertiary/aromatic N) is 3. The average Bonchev–Trinajstić information content (AvgIpc) is 3.10. The summed E-state index contributed by atoms with van der Waals surface area (Å²) in [5, 5.41) is 3.14. The summed E-state index contributed by atoms with van der Waals surface area (Å²) in [6.45, 7) is 8.29. The molecule has 138 valence electrons. The Morgan fingerprint density at radius 3 is 2.64 bits per heavy atom. The van der Waals surface area contributed by atoms with Crippen LogP contribution in [0, 0.1) is 5.82 Å². The van der Waals surface area contributed by atoms with Gasteiger partial charge >= 0.3 is 0 Å². The van der Waals surface area contributed by atoms with Crippen molar-refractivity contribution in [1.29, 1.82) is 0 Å². The average molecular weight is 348 g/mol. The number of halogens is 1. The lowest BCUT2D eigenvalue weighted by Gasteiger charge is -2.35. The number of anilines is 1. The molecular weight excluding hydrogens is 319 g/mol. The third kappa shape index (κ3) is 3.96. The molecule has 5 nitrogen and oxygen atoms in total. The first-order valence-electron chi connectivity index (χ1n) is 9.36. The van der Waals surface area contributed by atoms with Crippen molar-refractivity contribution < 1.29 is 9.18 Å². The largest absolute Gasteiger partial charge is 0.367 e. The lowest BCUT2D eigenvalue weighted by Crippen LogP contribution is -2.46. The summed E-state index contributed by atoms with van der Waals surface area (Å²) in [6, 6.07) is 5.18. The zero-order chi connectivity index (χ0) is 17.8. The molecule has 2 heterocycles. The van der Waals surface area contributed by atoms with Gasteiger partial charge < -0.3 is 20.0 Å².